The Kier molecular flexibility index (Phi) is 6.61. The van der Waals surface area contributed by atoms with E-state index in [1.54, 1.807) is 25.1 Å². The predicted octanol–water partition coefficient (Wildman–Crippen LogP) is 2.97. The molecule has 0 bridgehead atoms. The lowest BCUT2D eigenvalue weighted by molar-refractivity contribution is 0.0180. The first-order valence-electron chi connectivity index (χ1n) is 7.54. The number of rotatable bonds is 6. The summed E-state index contributed by atoms with van der Waals surface area (Å²) in [6, 6.07) is 14.3. The van der Waals surface area contributed by atoms with Crippen molar-refractivity contribution < 1.29 is 19.7 Å². The van der Waals surface area contributed by atoms with E-state index in [0.717, 1.165) is 5.56 Å². The minimum Gasteiger partial charge on any atom is -0.445 e. The second-order valence-corrected chi connectivity index (χ2v) is 5.82. The lowest BCUT2D eigenvalue weighted by atomic mass is 9.99. The Balaban J connectivity index is 1.82. The van der Waals surface area contributed by atoms with Crippen LogP contribution in [0.1, 0.15) is 22.8 Å². The zero-order chi connectivity index (χ0) is 17.5. The van der Waals surface area contributed by atoms with Crippen molar-refractivity contribution in [1.82, 2.24) is 5.32 Å². The van der Waals surface area contributed by atoms with E-state index >= 15 is 0 Å². The molecule has 2 aromatic rings. The van der Waals surface area contributed by atoms with Gasteiger partial charge in [0.05, 0.1) is 0 Å². The van der Waals surface area contributed by atoms with Crippen LogP contribution in [-0.4, -0.2) is 29.0 Å². The van der Waals surface area contributed by atoms with Gasteiger partial charge in [0.25, 0.3) is 0 Å². The van der Waals surface area contributed by atoms with Crippen molar-refractivity contribution >= 4 is 17.7 Å². The first-order valence-corrected chi connectivity index (χ1v) is 7.92. The molecule has 0 saturated carbocycles. The third-order valence-electron chi connectivity index (χ3n) is 3.66. The molecule has 0 radical (unpaired) electrons. The molecule has 128 valence electrons. The number of carbonyl (C=O) groups is 1. The fourth-order valence-electron chi connectivity index (χ4n) is 2.23. The zero-order valence-electron chi connectivity index (χ0n) is 13.3. The summed E-state index contributed by atoms with van der Waals surface area (Å²) in [5.41, 5.74) is 2.08. The fraction of sp³-hybridized carbons (Fsp3) is 0.278. The molecule has 2 unspecified atom stereocenters. The molecular weight excluding hydrogens is 330 g/mol. The largest absolute Gasteiger partial charge is 0.445 e. The maximum absolute atomic E-state index is 11.7. The minimum atomic E-state index is -1.17. The number of halogens is 1. The molecule has 0 aromatic heterocycles. The number of amides is 1. The van der Waals surface area contributed by atoms with Gasteiger partial charge in [-0.05, 0) is 29.7 Å². The summed E-state index contributed by atoms with van der Waals surface area (Å²) in [5, 5.41) is 23.2. The van der Waals surface area contributed by atoms with Crippen LogP contribution >= 0.6 is 11.6 Å². The van der Waals surface area contributed by atoms with Gasteiger partial charge in [-0.25, -0.2) is 4.79 Å². The number of hydrogen-bond acceptors (Lipinski definition) is 4. The van der Waals surface area contributed by atoms with Crippen LogP contribution in [0.4, 0.5) is 4.79 Å². The SMILES string of the molecule is Cc1c(Cl)cccc1C(O)C(O)CNC(=O)OCc1ccccc1. The number of hydrogen-bond donors (Lipinski definition) is 3. The van der Waals surface area contributed by atoms with Gasteiger partial charge in [0.15, 0.2) is 0 Å². The van der Waals surface area contributed by atoms with Crippen LogP contribution in [-0.2, 0) is 11.3 Å². The summed E-state index contributed by atoms with van der Waals surface area (Å²) in [5.74, 6) is 0. The Morgan fingerprint density at radius 2 is 1.88 bits per heavy atom. The Bertz CT molecular complexity index is 678. The van der Waals surface area contributed by atoms with Gasteiger partial charge in [-0.1, -0.05) is 54.1 Å². The molecule has 24 heavy (non-hydrogen) atoms. The highest BCUT2D eigenvalue weighted by Gasteiger charge is 2.21. The first kappa shape index (κ1) is 18.3. The van der Waals surface area contributed by atoms with E-state index in [1.165, 1.54) is 0 Å². The molecular formula is C18H20ClNO4. The van der Waals surface area contributed by atoms with Crippen molar-refractivity contribution in [2.45, 2.75) is 25.7 Å². The van der Waals surface area contributed by atoms with Gasteiger partial charge in [0, 0.05) is 11.6 Å². The number of alkyl carbamates (subject to hydrolysis) is 1. The minimum absolute atomic E-state index is 0.138. The van der Waals surface area contributed by atoms with E-state index in [1.807, 2.05) is 30.3 Å². The highest BCUT2D eigenvalue weighted by atomic mass is 35.5. The Morgan fingerprint density at radius 3 is 2.58 bits per heavy atom. The normalized spacial score (nSPS) is 13.2. The van der Waals surface area contributed by atoms with Crippen LogP contribution in [0.3, 0.4) is 0 Å². The highest BCUT2D eigenvalue weighted by molar-refractivity contribution is 6.31. The maximum atomic E-state index is 11.7. The molecule has 2 aromatic carbocycles. The van der Waals surface area contributed by atoms with Crippen molar-refractivity contribution in [1.29, 1.82) is 0 Å². The molecule has 3 N–H and O–H groups in total. The van der Waals surface area contributed by atoms with Crippen LogP contribution in [0, 0.1) is 6.92 Å². The second-order valence-electron chi connectivity index (χ2n) is 5.41. The van der Waals surface area contributed by atoms with E-state index in [9.17, 15) is 15.0 Å². The van der Waals surface area contributed by atoms with Gasteiger partial charge < -0.3 is 20.3 Å². The van der Waals surface area contributed by atoms with E-state index in [-0.39, 0.29) is 13.2 Å². The molecule has 2 atom stereocenters. The molecule has 5 nitrogen and oxygen atoms in total. The average molecular weight is 350 g/mol. The summed E-state index contributed by atoms with van der Waals surface area (Å²) >= 11 is 6.01. The first-order chi connectivity index (χ1) is 11.5. The van der Waals surface area contributed by atoms with Crippen LogP contribution in [0.5, 0.6) is 0 Å². The van der Waals surface area contributed by atoms with Crippen molar-refractivity contribution in [2.75, 3.05) is 6.54 Å². The van der Waals surface area contributed by atoms with Gasteiger partial charge in [-0.3, -0.25) is 0 Å². The molecule has 0 saturated heterocycles. The topological polar surface area (TPSA) is 78.8 Å². The smallest absolute Gasteiger partial charge is 0.407 e. The maximum Gasteiger partial charge on any atom is 0.407 e. The summed E-state index contributed by atoms with van der Waals surface area (Å²) < 4.78 is 5.04. The van der Waals surface area contributed by atoms with Crippen molar-refractivity contribution in [3.05, 3.63) is 70.2 Å². The Hall–Kier alpha value is -2.08. The average Bonchev–Trinajstić information content (AvgIpc) is 2.60. The molecule has 6 heteroatoms. The third kappa shape index (κ3) is 4.96. The van der Waals surface area contributed by atoms with Crippen LogP contribution in [0.25, 0.3) is 0 Å². The quantitative estimate of drug-likeness (QED) is 0.749. The number of carbonyl (C=O) groups excluding carboxylic acids is 1. The molecule has 0 aliphatic carbocycles. The summed E-state index contributed by atoms with van der Waals surface area (Å²) in [6.45, 7) is 1.76. The zero-order valence-corrected chi connectivity index (χ0v) is 14.0. The lowest BCUT2D eigenvalue weighted by Crippen LogP contribution is -2.36. The number of ether oxygens (including phenoxy) is 1. The summed E-state index contributed by atoms with van der Waals surface area (Å²) in [4.78, 5) is 11.7. The molecule has 0 spiro atoms. The Morgan fingerprint density at radius 1 is 1.17 bits per heavy atom. The van der Waals surface area contributed by atoms with Gasteiger partial charge in [-0.2, -0.15) is 0 Å². The van der Waals surface area contributed by atoms with Crippen molar-refractivity contribution in [3.8, 4) is 0 Å². The van der Waals surface area contributed by atoms with E-state index in [4.69, 9.17) is 16.3 Å². The third-order valence-corrected chi connectivity index (χ3v) is 4.07. The van der Waals surface area contributed by atoms with E-state index in [0.29, 0.717) is 16.1 Å². The van der Waals surface area contributed by atoms with Crippen LogP contribution in [0.15, 0.2) is 48.5 Å². The monoisotopic (exact) mass is 349 g/mol. The standard InChI is InChI=1S/C18H20ClNO4/c1-12-14(8-5-9-15(12)19)17(22)16(21)10-20-18(23)24-11-13-6-3-2-4-7-13/h2-9,16-17,21-22H,10-11H2,1H3,(H,20,23). The van der Waals surface area contributed by atoms with Gasteiger partial charge in [0.1, 0.15) is 18.8 Å². The van der Waals surface area contributed by atoms with Crippen LogP contribution in [0.2, 0.25) is 5.02 Å². The molecule has 0 fully saturated rings. The van der Waals surface area contributed by atoms with E-state index in [2.05, 4.69) is 5.32 Å². The molecule has 0 aliphatic rings. The fourth-order valence-corrected chi connectivity index (χ4v) is 2.41. The van der Waals surface area contributed by atoms with Gasteiger partial charge in [-0.15, -0.1) is 0 Å². The summed E-state index contributed by atoms with van der Waals surface area (Å²) in [7, 11) is 0. The van der Waals surface area contributed by atoms with Crippen molar-refractivity contribution in [2.24, 2.45) is 0 Å². The van der Waals surface area contributed by atoms with Gasteiger partial charge in [0.2, 0.25) is 0 Å². The predicted molar refractivity (Wildman–Crippen MR) is 91.8 cm³/mol. The second kappa shape index (κ2) is 8.68. The molecule has 2 rings (SSSR count). The van der Waals surface area contributed by atoms with Crippen LogP contribution < -0.4 is 5.32 Å². The molecule has 0 aliphatic heterocycles. The molecule has 1 amide bonds. The Labute approximate surface area is 145 Å². The van der Waals surface area contributed by atoms with Crippen molar-refractivity contribution in [3.63, 3.8) is 0 Å². The number of aliphatic hydroxyl groups excluding tert-OH is 2. The summed E-state index contributed by atoms with van der Waals surface area (Å²) in [6.07, 6.45) is -2.99. The number of aliphatic hydroxyl groups is 2. The number of benzene rings is 2. The lowest BCUT2D eigenvalue weighted by Gasteiger charge is -2.20. The molecule has 0 heterocycles. The van der Waals surface area contributed by atoms with E-state index < -0.39 is 18.3 Å². The number of nitrogens with one attached hydrogen (secondary N) is 1. The van der Waals surface area contributed by atoms with Gasteiger partial charge >= 0.3 is 6.09 Å². The highest BCUT2D eigenvalue weighted by Crippen LogP contribution is 2.26.